The standard InChI is InChI=1S/C23H15Cl2FN2O3/c1-31-20-8-5-13(10-18(20)25)16-12-15-4-2-3-9-28(15)21(16)22(29)23(30)27-14-6-7-19(26)17(24)11-14/h2-12H,1H3,(H,27,30). The smallest absolute Gasteiger partial charge is 0.298 e. The fraction of sp³-hybridized carbons (Fsp3) is 0.0435. The molecule has 5 nitrogen and oxygen atoms in total. The molecule has 0 atom stereocenters. The number of aromatic nitrogens is 1. The van der Waals surface area contributed by atoms with Crippen LogP contribution < -0.4 is 10.1 Å². The number of pyridine rings is 1. The fourth-order valence-corrected chi connectivity index (χ4v) is 3.72. The third-order valence-electron chi connectivity index (χ3n) is 4.74. The molecule has 0 saturated heterocycles. The summed E-state index contributed by atoms with van der Waals surface area (Å²) in [5.41, 5.74) is 2.29. The second-order valence-electron chi connectivity index (χ2n) is 6.66. The van der Waals surface area contributed by atoms with Crippen molar-refractivity contribution in [3.8, 4) is 16.9 Å². The van der Waals surface area contributed by atoms with Crippen molar-refractivity contribution in [2.75, 3.05) is 12.4 Å². The zero-order chi connectivity index (χ0) is 22.1. The number of anilines is 1. The molecule has 0 bridgehead atoms. The summed E-state index contributed by atoms with van der Waals surface area (Å²) in [5, 5.41) is 2.69. The van der Waals surface area contributed by atoms with Gasteiger partial charge in [-0.2, -0.15) is 0 Å². The summed E-state index contributed by atoms with van der Waals surface area (Å²) in [6.45, 7) is 0. The highest BCUT2D eigenvalue weighted by Crippen LogP contribution is 2.34. The summed E-state index contributed by atoms with van der Waals surface area (Å²) in [4.78, 5) is 25.9. The highest BCUT2D eigenvalue weighted by molar-refractivity contribution is 6.47. The topological polar surface area (TPSA) is 59.8 Å². The van der Waals surface area contributed by atoms with Crippen LogP contribution in [0.1, 0.15) is 10.5 Å². The number of carbonyl (C=O) groups is 2. The summed E-state index contributed by atoms with van der Waals surface area (Å²) in [6, 6.07) is 16.0. The lowest BCUT2D eigenvalue weighted by atomic mass is 10.0. The number of rotatable bonds is 5. The third kappa shape index (κ3) is 4.00. The molecule has 4 aromatic rings. The molecule has 0 aliphatic rings. The van der Waals surface area contributed by atoms with E-state index in [9.17, 15) is 14.0 Å². The third-order valence-corrected chi connectivity index (χ3v) is 5.33. The molecule has 0 fully saturated rings. The van der Waals surface area contributed by atoms with Crippen LogP contribution in [0.15, 0.2) is 66.9 Å². The normalized spacial score (nSPS) is 10.8. The maximum Gasteiger partial charge on any atom is 0.298 e. The number of methoxy groups -OCH3 is 1. The summed E-state index contributed by atoms with van der Waals surface area (Å²) in [6.07, 6.45) is 1.69. The lowest BCUT2D eigenvalue weighted by molar-refractivity contribution is -0.112. The van der Waals surface area contributed by atoms with Gasteiger partial charge in [-0.25, -0.2) is 4.39 Å². The van der Waals surface area contributed by atoms with Gasteiger partial charge < -0.3 is 14.5 Å². The number of nitrogens with one attached hydrogen (secondary N) is 1. The molecule has 1 N–H and O–H groups in total. The zero-order valence-electron chi connectivity index (χ0n) is 16.2. The van der Waals surface area contributed by atoms with Gasteiger partial charge in [0.1, 0.15) is 17.3 Å². The molecule has 2 aromatic heterocycles. The quantitative estimate of drug-likeness (QED) is 0.301. The molecular weight excluding hydrogens is 442 g/mol. The molecule has 156 valence electrons. The van der Waals surface area contributed by atoms with Gasteiger partial charge in [-0.15, -0.1) is 0 Å². The van der Waals surface area contributed by atoms with Gasteiger partial charge in [-0.05, 0) is 54.1 Å². The van der Waals surface area contributed by atoms with Gasteiger partial charge in [0.05, 0.1) is 17.2 Å². The minimum absolute atomic E-state index is 0.160. The van der Waals surface area contributed by atoms with E-state index in [4.69, 9.17) is 27.9 Å². The fourth-order valence-electron chi connectivity index (χ4n) is 3.28. The molecule has 8 heteroatoms. The van der Waals surface area contributed by atoms with E-state index in [1.54, 1.807) is 40.9 Å². The zero-order valence-corrected chi connectivity index (χ0v) is 17.7. The molecule has 0 unspecified atom stereocenters. The van der Waals surface area contributed by atoms with E-state index in [1.165, 1.54) is 19.2 Å². The van der Waals surface area contributed by atoms with E-state index in [-0.39, 0.29) is 16.4 Å². The minimum atomic E-state index is -0.882. The van der Waals surface area contributed by atoms with E-state index < -0.39 is 17.5 Å². The van der Waals surface area contributed by atoms with Gasteiger partial charge in [0.25, 0.3) is 11.7 Å². The first kappa shape index (κ1) is 20.9. The van der Waals surface area contributed by atoms with Crippen LogP contribution in [0.5, 0.6) is 5.75 Å². The Labute approximate surface area is 187 Å². The van der Waals surface area contributed by atoms with Crippen LogP contribution in [0.2, 0.25) is 10.0 Å². The number of amides is 1. The number of ketones is 1. The highest BCUT2D eigenvalue weighted by atomic mass is 35.5. The van der Waals surface area contributed by atoms with Gasteiger partial charge >= 0.3 is 0 Å². The van der Waals surface area contributed by atoms with E-state index >= 15 is 0 Å². The lowest BCUT2D eigenvalue weighted by Gasteiger charge is -2.09. The molecule has 0 saturated carbocycles. The largest absolute Gasteiger partial charge is 0.495 e. The number of fused-ring (bicyclic) bond motifs is 1. The van der Waals surface area contributed by atoms with E-state index in [1.807, 2.05) is 12.1 Å². The lowest BCUT2D eigenvalue weighted by Crippen LogP contribution is -2.24. The minimum Gasteiger partial charge on any atom is -0.495 e. The second-order valence-corrected chi connectivity index (χ2v) is 7.48. The molecule has 2 aromatic carbocycles. The number of hydrogen-bond acceptors (Lipinski definition) is 3. The van der Waals surface area contributed by atoms with Crippen LogP contribution in [0.4, 0.5) is 10.1 Å². The van der Waals surface area contributed by atoms with Crippen molar-refractivity contribution >= 4 is 46.1 Å². The van der Waals surface area contributed by atoms with Crippen molar-refractivity contribution in [1.29, 1.82) is 0 Å². The molecule has 4 rings (SSSR count). The predicted molar refractivity (Wildman–Crippen MR) is 119 cm³/mol. The van der Waals surface area contributed by atoms with Crippen LogP contribution >= 0.6 is 23.2 Å². The van der Waals surface area contributed by atoms with Gasteiger partial charge in [0, 0.05) is 23.0 Å². The summed E-state index contributed by atoms with van der Waals surface area (Å²) in [7, 11) is 1.51. The van der Waals surface area contributed by atoms with E-state index in [0.717, 1.165) is 11.6 Å². The average molecular weight is 457 g/mol. The van der Waals surface area contributed by atoms with Crippen LogP contribution in [-0.2, 0) is 4.79 Å². The number of carbonyl (C=O) groups excluding carboxylic acids is 2. The molecule has 31 heavy (non-hydrogen) atoms. The molecule has 0 radical (unpaired) electrons. The van der Waals surface area contributed by atoms with Gasteiger partial charge in [-0.3, -0.25) is 9.59 Å². The SMILES string of the molecule is COc1ccc(-c2cc3ccccn3c2C(=O)C(=O)Nc2ccc(F)c(Cl)c2)cc1Cl. The highest BCUT2D eigenvalue weighted by Gasteiger charge is 2.25. The Bertz CT molecular complexity index is 1330. The van der Waals surface area contributed by atoms with Crippen LogP contribution in [0.25, 0.3) is 16.6 Å². The average Bonchev–Trinajstić information content (AvgIpc) is 3.15. The van der Waals surface area contributed by atoms with E-state index in [2.05, 4.69) is 5.32 Å². The maximum absolute atomic E-state index is 13.4. The predicted octanol–water partition coefficient (Wildman–Crippen LogP) is 5.88. The molecule has 1 amide bonds. The monoisotopic (exact) mass is 456 g/mol. The van der Waals surface area contributed by atoms with Gasteiger partial charge in [0.15, 0.2) is 0 Å². The molecule has 0 aliphatic carbocycles. The first-order valence-corrected chi connectivity index (χ1v) is 9.89. The molecule has 0 spiro atoms. The maximum atomic E-state index is 13.4. The molecular formula is C23H15Cl2FN2O3. The Morgan fingerprint density at radius 3 is 2.52 bits per heavy atom. The summed E-state index contributed by atoms with van der Waals surface area (Å²) in [5.74, 6) is -1.78. The van der Waals surface area contributed by atoms with Gasteiger partial charge in [-0.1, -0.05) is 35.3 Å². The van der Waals surface area contributed by atoms with Gasteiger partial charge in [0.2, 0.25) is 0 Å². The number of ether oxygens (including phenoxy) is 1. The van der Waals surface area contributed by atoms with Crippen molar-refractivity contribution in [2.24, 2.45) is 0 Å². The Morgan fingerprint density at radius 2 is 1.81 bits per heavy atom. The first-order chi connectivity index (χ1) is 14.9. The van der Waals surface area contributed by atoms with Crippen molar-refractivity contribution in [1.82, 2.24) is 4.40 Å². The summed E-state index contributed by atoms with van der Waals surface area (Å²) >= 11 is 12.0. The van der Waals surface area contributed by atoms with Crippen molar-refractivity contribution in [3.05, 3.63) is 88.4 Å². The number of halogens is 3. The van der Waals surface area contributed by atoms with E-state index in [0.29, 0.717) is 21.9 Å². The Morgan fingerprint density at radius 1 is 1.00 bits per heavy atom. The molecule has 2 heterocycles. The number of Topliss-reactive ketones (excluding diaryl/α,β-unsaturated/α-hetero) is 1. The van der Waals surface area contributed by atoms with Crippen molar-refractivity contribution in [3.63, 3.8) is 0 Å². The Hall–Kier alpha value is -3.35. The number of hydrogen-bond donors (Lipinski definition) is 1. The summed E-state index contributed by atoms with van der Waals surface area (Å²) < 4.78 is 20.2. The number of nitrogens with zero attached hydrogens (tertiary/aromatic N) is 1. The Kier molecular flexibility index (Phi) is 5.67. The first-order valence-electron chi connectivity index (χ1n) is 9.14. The number of benzene rings is 2. The molecule has 0 aliphatic heterocycles. The van der Waals surface area contributed by atoms with Crippen LogP contribution in [-0.4, -0.2) is 23.2 Å². The van der Waals surface area contributed by atoms with Crippen LogP contribution in [0, 0.1) is 5.82 Å². The Balaban J connectivity index is 1.77. The van der Waals surface area contributed by atoms with Crippen molar-refractivity contribution < 1.29 is 18.7 Å². The van der Waals surface area contributed by atoms with Crippen molar-refractivity contribution in [2.45, 2.75) is 0 Å². The van der Waals surface area contributed by atoms with Crippen LogP contribution in [0.3, 0.4) is 0 Å². The second kappa shape index (κ2) is 8.41.